The number of hydrogen-bond acceptors (Lipinski definition) is 3. The van der Waals surface area contributed by atoms with Gasteiger partial charge in [-0.15, -0.1) is 0 Å². The van der Waals surface area contributed by atoms with Gasteiger partial charge < -0.3 is 15.8 Å². The van der Waals surface area contributed by atoms with Crippen LogP contribution in [0.15, 0.2) is 36.4 Å². The van der Waals surface area contributed by atoms with Crippen LogP contribution in [-0.4, -0.2) is 6.61 Å². The third-order valence-electron chi connectivity index (χ3n) is 2.73. The molecule has 0 atom stereocenters. The number of nitrogen functional groups attached to an aromatic ring is 1. The highest BCUT2D eigenvalue weighted by Crippen LogP contribution is 2.34. The maximum absolute atomic E-state index is 6.13. The molecule has 0 aromatic heterocycles. The number of rotatable bonds is 5. The van der Waals surface area contributed by atoms with Crippen molar-refractivity contribution in [2.75, 3.05) is 17.7 Å². The van der Waals surface area contributed by atoms with Gasteiger partial charge in [0.1, 0.15) is 5.75 Å². The number of benzene rings is 2. The predicted octanol–water partition coefficient (Wildman–Crippen LogP) is 5.11. The van der Waals surface area contributed by atoms with E-state index in [9.17, 15) is 0 Å². The number of hydrogen-bond donors (Lipinski definition) is 2. The highest BCUT2D eigenvalue weighted by Gasteiger charge is 2.08. The van der Waals surface area contributed by atoms with Crippen LogP contribution >= 0.6 is 23.2 Å². The normalized spacial score (nSPS) is 10.3. The lowest BCUT2D eigenvalue weighted by Crippen LogP contribution is -2.02. The van der Waals surface area contributed by atoms with Crippen molar-refractivity contribution in [3.8, 4) is 5.75 Å². The molecular formula is C15H16Cl2N2O. The molecule has 0 saturated heterocycles. The second kappa shape index (κ2) is 6.73. The summed E-state index contributed by atoms with van der Waals surface area (Å²) in [6.45, 7) is 2.68. The lowest BCUT2D eigenvalue weighted by Gasteiger charge is -2.14. The van der Waals surface area contributed by atoms with Gasteiger partial charge in [-0.1, -0.05) is 36.2 Å². The van der Waals surface area contributed by atoms with E-state index in [2.05, 4.69) is 5.32 Å². The first-order chi connectivity index (χ1) is 9.61. The van der Waals surface area contributed by atoms with Crippen LogP contribution in [0.5, 0.6) is 5.75 Å². The van der Waals surface area contributed by atoms with Crippen molar-refractivity contribution >= 4 is 40.3 Å². The molecule has 0 saturated carbocycles. The van der Waals surface area contributed by atoms with Crippen LogP contribution in [0.4, 0.5) is 17.1 Å². The Kier molecular flexibility index (Phi) is 4.99. The van der Waals surface area contributed by atoms with Crippen LogP contribution in [-0.2, 0) is 0 Å². The van der Waals surface area contributed by atoms with Gasteiger partial charge in [0.25, 0.3) is 0 Å². The number of para-hydroxylation sites is 1. The highest BCUT2D eigenvalue weighted by molar-refractivity contribution is 6.35. The van der Waals surface area contributed by atoms with Gasteiger partial charge in [0.15, 0.2) is 0 Å². The molecule has 2 aromatic carbocycles. The van der Waals surface area contributed by atoms with Crippen LogP contribution in [0.25, 0.3) is 0 Å². The van der Waals surface area contributed by atoms with Crippen molar-refractivity contribution in [3.63, 3.8) is 0 Å². The smallest absolute Gasteiger partial charge is 0.144 e. The summed E-state index contributed by atoms with van der Waals surface area (Å²) in [4.78, 5) is 0. The molecule has 0 aliphatic carbocycles. The molecule has 5 heteroatoms. The zero-order valence-electron chi connectivity index (χ0n) is 11.1. The summed E-state index contributed by atoms with van der Waals surface area (Å²) in [5.74, 6) is 0.662. The molecule has 20 heavy (non-hydrogen) atoms. The Morgan fingerprint density at radius 2 is 1.95 bits per heavy atom. The van der Waals surface area contributed by atoms with Crippen molar-refractivity contribution in [2.45, 2.75) is 13.3 Å². The molecule has 3 N–H and O–H groups in total. The number of nitrogens with one attached hydrogen (secondary N) is 1. The van der Waals surface area contributed by atoms with Gasteiger partial charge in [0.05, 0.1) is 28.7 Å². The molecule has 0 aliphatic rings. The average molecular weight is 311 g/mol. The van der Waals surface area contributed by atoms with E-state index in [1.54, 1.807) is 18.2 Å². The molecule has 0 aliphatic heterocycles. The van der Waals surface area contributed by atoms with Gasteiger partial charge >= 0.3 is 0 Å². The summed E-state index contributed by atoms with van der Waals surface area (Å²) in [7, 11) is 0. The molecule has 0 fully saturated rings. The second-order valence-electron chi connectivity index (χ2n) is 4.32. The van der Waals surface area contributed by atoms with Gasteiger partial charge in [-0.2, -0.15) is 0 Å². The molecule has 2 aromatic rings. The molecule has 0 spiro atoms. The molecule has 0 heterocycles. The van der Waals surface area contributed by atoms with E-state index in [0.717, 1.165) is 12.1 Å². The Balaban J connectivity index is 2.27. The number of ether oxygens (including phenoxy) is 1. The minimum atomic E-state index is 0.553. The number of nitrogens with two attached hydrogens (primary N) is 1. The summed E-state index contributed by atoms with van der Waals surface area (Å²) in [5.41, 5.74) is 8.09. The van der Waals surface area contributed by atoms with Crippen LogP contribution < -0.4 is 15.8 Å². The molecule has 3 nitrogen and oxygen atoms in total. The molecule has 0 bridgehead atoms. The molecular weight excluding hydrogens is 295 g/mol. The first-order valence-corrected chi connectivity index (χ1v) is 7.10. The van der Waals surface area contributed by atoms with Gasteiger partial charge in [-0.05, 0) is 36.8 Å². The van der Waals surface area contributed by atoms with E-state index in [0.29, 0.717) is 33.8 Å². The van der Waals surface area contributed by atoms with E-state index < -0.39 is 0 Å². The van der Waals surface area contributed by atoms with Crippen molar-refractivity contribution in [2.24, 2.45) is 0 Å². The second-order valence-corrected chi connectivity index (χ2v) is 5.16. The summed E-state index contributed by atoms with van der Waals surface area (Å²) in [5, 5.41) is 4.36. The summed E-state index contributed by atoms with van der Waals surface area (Å²) >= 11 is 12.1. The Labute approximate surface area is 128 Å². The monoisotopic (exact) mass is 310 g/mol. The number of halogens is 2. The summed E-state index contributed by atoms with van der Waals surface area (Å²) in [6.07, 6.45) is 0.928. The number of anilines is 3. The first kappa shape index (κ1) is 14.8. The maximum atomic E-state index is 6.13. The Morgan fingerprint density at radius 3 is 2.70 bits per heavy atom. The fourth-order valence-electron chi connectivity index (χ4n) is 1.73. The van der Waals surface area contributed by atoms with Crippen molar-refractivity contribution < 1.29 is 4.74 Å². The SMILES string of the molecule is CCCOc1cccc(Nc2cc(Cl)ccc2Cl)c1N. The van der Waals surface area contributed by atoms with Gasteiger partial charge in [0, 0.05) is 5.02 Å². The zero-order chi connectivity index (χ0) is 14.5. The van der Waals surface area contributed by atoms with Crippen LogP contribution in [0.2, 0.25) is 10.0 Å². The Morgan fingerprint density at radius 1 is 1.15 bits per heavy atom. The van der Waals surface area contributed by atoms with Crippen LogP contribution in [0.1, 0.15) is 13.3 Å². The van der Waals surface area contributed by atoms with E-state index >= 15 is 0 Å². The lowest BCUT2D eigenvalue weighted by molar-refractivity contribution is 0.319. The summed E-state index contributed by atoms with van der Waals surface area (Å²) < 4.78 is 5.59. The lowest BCUT2D eigenvalue weighted by atomic mass is 10.2. The van der Waals surface area contributed by atoms with Crippen molar-refractivity contribution in [1.29, 1.82) is 0 Å². The molecule has 0 unspecified atom stereocenters. The minimum absolute atomic E-state index is 0.553. The summed E-state index contributed by atoms with van der Waals surface area (Å²) in [6, 6.07) is 10.8. The fourth-order valence-corrected chi connectivity index (χ4v) is 2.07. The van der Waals surface area contributed by atoms with E-state index in [-0.39, 0.29) is 0 Å². The standard InChI is InChI=1S/C15H16Cl2N2O/c1-2-8-20-14-5-3-4-12(15(14)18)19-13-9-10(16)6-7-11(13)17/h3-7,9,19H,2,8,18H2,1H3. The van der Waals surface area contributed by atoms with Gasteiger partial charge in [-0.25, -0.2) is 0 Å². The van der Waals surface area contributed by atoms with Crippen molar-refractivity contribution in [3.05, 3.63) is 46.4 Å². The van der Waals surface area contributed by atoms with Crippen molar-refractivity contribution in [1.82, 2.24) is 0 Å². The minimum Gasteiger partial charge on any atom is -0.491 e. The Hall–Kier alpha value is -1.58. The van der Waals surface area contributed by atoms with E-state index in [1.807, 2.05) is 25.1 Å². The maximum Gasteiger partial charge on any atom is 0.144 e. The average Bonchev–Trinajstić information content (AvgIpc) is 2.44. The van der Waals surface area contributed by atoms with E-state index in [1.165, 1.54) is 0 Å². The molecule has 0 amide bonds. The zero-order valence-corrected chi connectivity index (χ0v) is 12.6. The van der Waals surface area contributed by atoms with Crippen LogP contribution in [0.3, 0.4) is 0 Å². The van der Waals surface area contributed by atoms with Crippen LogP contribution in [0, 0.1) is 0 Å². The third kappa shape index (κ3) is 3.50. The largest absolute Gasteiger partial charge is 0.491 e. The quantitative estimate of drug-likeness (QED) is 0.754. The highest BCUT2D eigenvalue weighted by atomic mass is 35.5. The van der Waals surface area contributed by atoms with Gasteiger partial charge in [-0.3, -0.25) is 0 Å². The van der Waals surface area contributed by atoms with E-state index in [4.69, 9.17) is 33.7 Å². The molecule has 2 rings (SSSR count). The Bertz CT molecular complexity index is 602. The predicted molar refractivity (Wildman–Crippen MR) is 86.4 cm³/mol. The first-order valence-electron chi connectivity index (χ1n) is 6.35. The topological polar surface area (TPSA) is 47.3 Å². The molecule has 0 radical (unpaired) electrons. The third-order valence-corrected chi connectivity index (χ3v) is 3.29. The fraction of sp³-hybridized carbons (Fsp3) is 0.200. The van der Waals surface area contributed by atoms with Gasteiger partial charge in [0.2, 0.25) is 0 Å². The molecule has 106 valence electrons.